The summed E-state index contributed by atoms with van der Waals surface area (Å²) in [4.78, 5) is 25.4. The highest BCUT2D eigenvalue weighted by Gasteiger charge is 2.26. The second-order valence-electron chi connectivity index (χ2n) is 6.04. The third kappa shape index (κ3) is 5.61. The Hall–Kier alpha value is -1.80. The molecule has 1 aromatic carbocycles. The molecule has 1 aliphatic heterocycles. The van der Waals surface area contributed by atoms with Gasteiger partial charge >= 0.3 is 0 Å². The first-order valence-corrected chi connectivity index (χ1v) is 7.73. The van der Waals surface area contributed by atoms with Crippen LogP contribution in [0.4, 0.5) is 13.2 Å². The average molecular weight is 380 g/mol. The number of carbonyl (C=O) groups is 2. The number of benzene rings is 1. The van der Waals surface area contributed by atoms with Gasteiger partial charge in [-0.3, -0.25) is 9.59 Å². The highest BCUT2D eigenvalue weighted by atomic mass is 35.5. The molecule has 1 saturated heterocycles. The first kappa shape index (κ1) is 21.2. The lowest BCUT2D eigenvalue weighted by Crippen LogP contribution is -2.44. The fraction of sp³-hybridized carbons (Fsp3) is 0.500. The Kier molecular flexibility index (Phi) is 7.69. The van der Waals surface area contributed by atoms with E-state index in [9.17, 15) is 22.8 Å². The van der Waals surface area contributed by atoms with Crippen LogP contribution in [0.15, 0.2) is 12.1 Å². The van der Waals surface area contributed by atoms with Gasteiger partial charge < -0.3 is 16.0 Å². The molecule has 25 heavy (non-hydrogen) atoms. The van der Waals surface area contributed by atoms with Crippen molar-refractivity contribution in [3.8, 4) is 0 Å². The molecular weight excluding hydrogens is 359 g/mol. The molecule has 2 rings (SSSR count). The SMILES string of the molecule is CC1CCNC(=O)CN1C(=O)CC(N)Cc1cc(F)c(F)cc1F.Cl. The van der Waals surface area contributed by atoms with Gasteiger partial charge in [0.25, 0.3) is 0 Å². The van der Waals surface area contributed by atoms with Crippen molar-refractivity contribution >= 4 is 24.2 Å². The molecule has 140 valence electrons. The zero-order valence-electron chi connectivity index (χ0n) is 13.7. The molecule has 0 saturated carbocycles. The molecule has 9 heteroatoms. The fourth-order valence-electron chi connectivity index (χ4n) is 2.69. The smallest absolute Gasteiger partial charge is 0.239 e. The highest BCUT2D eigenvalue weighted by molar-refractivity contribution is 5.86. The molecule has 0 radical (unpaired) electrons. The molecule has 0 bridgehead atoms. The number of nitrogens with two attached hydrogens (primary N) is 1. The molecule has 2 amide bonds. The lowest BCUT2D eigenvalue weighted by Gasteiger charge is -2.27. The summed E-state index contributed by atoms with van der Waals surface area (Å²) in [6.07, 6.45) is 0.407. The van der Waals surface area contributed by atoms with Crippen LogP contribution < -0.4 is 11.1 Å². The standard InChI is InChI=1S/C16H20F3N3O2.ClH/c1-9-2-3-21-15(23)8-22(9)16(24)6-11(20)4-10-5-13(18)14(19)7-12(10)17;/h5,7,9,11H,2-4,6,8,20H2,1H3,(H,21,23);1H. The fourth-order valence-corrected chi connectivity index (χ4v) is 2.69. The second kappa shape index (κ2) is 9.05. The third-order valence-electron chi connectivity index (χ3n) is 4.06. The van der Waals surface area contributed by atoms with E-state index >= 15 is 0 Å². The van der Waals surface area contributed by atoms with E-state index in [1.54, 1.807) is 0 Å². The Balaban J connectivity index is 0.00000312. The summed E-state index contributed by atoms with van der Waals surface area (Å²) >= 11 is 0. The number of nitrogens with zero attached hydrogens (tertiary/aromatic N) is 1. The van der Waals surface area contributed by atoms with E-state index in [1.165, 1.54) is 4.90 Å². The van der Waals surface area contributed by atoms with E-state index in [2.05, 4.69) is 5.32 Å². The van der Waals surface area contributed by atoms with Gasteiger partial charge in [0, 0.05) is 31.1 Å². The number of halogens is 4. The van der Waals surface area contributed by atoms with Crippen molar-refractivity contribution in [1.29, 1.82) is 0 Å². The van der Waals surface area contributed by atoms with Gasteiger partial charge in [0.05, 0.1) is 6.54 Å². The van der Waals surface area contributed by atoms with Crippen molar-refractivity contribution in [2.75, 3.05) is 13.1 Å². The summed E-state index contributed by atoms with van der Waals surface area (Å²) in [5.74, 6) is -3.91. The molecule has 3 N–H and O–H groups in total. The molecule has 1 heterocycles. The number of carbonyl (C=O) groups excluding carboxylic acids is 2. The topological polar surface area (TPSA) is 75.4 Å². The van der Waals surface area contributed by atoms with E-state index in [0.29, 0.717) is 19.0 Å². The zero-order chi connectivity index (χ0) is 17.9. The van der Waals surface area contributed by atoms with Crippen LogP contribution in [-0.4, -0.2) is 41.9 Å². The first-order valence-electron chi connectivity index (χ1n) is 7.73. The molecule has 2 unspecified atom stereocenters. The van der Waals surface area contributed by atoms with Crippen molar-refractivity contribution in [2.24, 2.45) is 5.73 Å². The molecule has 1 aliphatic rings. The summed E-state index contributed by atoms with van der Waals surface area (Å²) in [5.41, 5.74) is 5.77. The molecule has 1 aromatic rings. The van der Waals surface area contributed by atoms with Crippen molar-refractivity contribution in [3.63, 3.8) is 0 Å². The Morgan fingerprint density at radius 2 is 1.96 bits per heavy atom. The first-order chi connectivity index (χ1) is 11.3. The summed E-state index contributed by atoms with van der Waals surface area (Å²) < 4.78 is 39.8. The summed E-state index contributed by atoms with van der Waals surface area (Å²) in [6, 6.07) is 0.316. The van der Waals surface area contributed by atoms with E-state index < -0.39 is 23.5 Å². The monoisotopic (exact) mass is 379 g/mol. The van der Waals surface area contributed by atoms with E-state index in [0.717, 1.165) is 6.07 Å². The lowest BCUT2D eigenvalue weighted by molar-refractivity contribution is -0.137. The van der Waals surface area contributed by atoms with Crippen LogP contribution in [0.5, 0.6) is 0 Å². The van der Waals surface area contributed by atoms with E-state index in [4.69, 9.17) is 5.73 Å². The van der Waals surface area contributed by atoms with Gasteiger partial charge in [-0.05, 0) is 31.4 Å². The Bertz CT molecular complexity index is 645. The Morgan fingerprint density at radius 3 is 2.64 bits per heavy atom. The number of hydrogen-bond acceptors (Lipinski definition) is 3. The Morgan fingerprint density at radius 1 is 1.32 bits per heavy atom. The summed E-state index contributed by atoms with van der Waals surface area (Å²) in [7, 11) is 0. The number of rotatable bonds is 4. The highest BCUT2D eigenvalue weighted by Crippen LogP contribution is 2.17. The maximum atomic E-state index is 13.6. The molecular formula is C16H21ClF3N3O2. The molecule has 5 nitrogen and oxygen atoms in total. The van der Waals surface area contributed by atoms with Gasteiger partial charge in [-0.1, -0.05) is 0 Å². The molecule has 0 spiro atoms. The second-order valence-corrected chi connectivity index (χ2v) is 6.04. The van der Waals surface area contributed by atoms with Gasteiger partial charge in [0.1, 0.15) is 5.82 Å². The van der Waals surface area contributed by atoms with Gasteiger partial charge in [0.15, 0.2) is 11.6 Å². The minimum absolute atomic E-state index is 0. The number of nitrogens with one attached hydrogen (secondary N) is 1. The predicted molar refractivity (Wildman–Crippen MR) is 88.7 cm³/mol. The molecule has 0 aromatic heterocycles. The third-order valence-corrected chi connectivity index (χ3v) is 4.06. The van der Waals surface area contributed by atoms with Crippen LogP contribution in [-0.2, 0) is 16.0 Å². The molecule has 0 aliphatic carbocycles. The van der Waals surface area contributed by atoms with Crippen molar-refractivity contribution in [2.45, 2.75) is 38.3 Å². The van der Waals surface area contributed by atoms with Gasteiger partial charge in [-0.2, -0.15) is 0 Å². The zero-order valence-corrected chi connectivity index (χ0v) is 14.5. The number of hydrogen-bond donors (Lipinski definition) is 2. The summed E-state index contributed by atoms with van der Waals surface area (Å²) in [5, 5.41) is 2.68. The number of amides is 2. The van der Waals surface area contributed by atoms with E-state index in [-0.39, 0.29) is 55.2 Å². The van der Waals surface area contributed by atoms with Gasteiger partial charge in [-0.25, -0.2) is 13.2 Å². The van der Waals surface area contributed by atoms with Crippen molar-refractivity contribution in [3.05, 3.63) is 35.1 Å². The van der Waals surface area contributed by atoms with Crippen LogP contribution >= 0.6 is 12.4 Å². The largest absolute Gasteiger partial charge is 0.354 e. The maximum Gasteiger partial charge on any atom is 0.239 e. The Labute approximate surface area is 150 Å². The van der Waals surface area contributed by atoms with Crippen LogP contribution in [0.3, 0.4) is 0 Å². The average Bonchev–Trinajstić information content (AvgIpc) is 2.66. The molecule has 1 fully saturated rings. The van der Waals surface area contributed by atoms with Crippen LogP contribution in [0.1, 0.15) is 25.3 Å². The summed E-state index contributed by atoms with van der Waals surface area (Å²) in [6.45, 7) is 2.28. The van der Waals surface area contributed by atoms with Crippen LogP contribution in [0.2, 0.25) is 0 Å². The van der Waals surface area contributed by atoms with E-state index in [1.807, 2.05) is 6.92 Å². The molecule has 2 atom stereocenters. The van der Waals surface area contributed by atoms with Gasteiger partial charge in [0.2, 0.25) is 11.8 Å². The minimum atomic E-state index is -1.27. The quantitative estimate of drug-likeness (QED) is 0.779. The minimum Gasteiger partial charge on any atom is -0.354 e. The maximum absolute atomic E-state index is 13.6. The van der Waals surface area contributed by atoms with Crippen LogP contribution in [0.25, 0.3) is 0 Å². The van der Waals surface area contributed by atoms with Crippen LogP contribution in [0, 0.1) is 17.5 Å². The van der Waals surface area contributed by atoms with Crippen molar-refractivity contribution in [1.82, 2.24) is 10.2 Å². The predicted octanol–water partition coefficient (Wildman–Crippen LogP) is 1.52. The normalized spacial score (nSPS) is 18.8. The van der Waals surface area contributed by atoms with Gasteiger partial charge in [-0.15, -0.1) is 12.4 Å². The lowest BCUT2D eigenvalue weighted by atomic mass is 10.0. The van der Waals surface area contributed by atoms with Crippen molar-refractivity contribution < 1.29 is 22.8 Å².